The number of ether oxygens (including phenoxy) is 1. The number of aliphatic hydroxyl groups is 1. The van der Waals surface area contributed by atoms with Crippen LogP contribution in [0.25, 0.3) is 0 Å². The van der Waals surface area contributed by atoms with Crippen molar-refractivity contribution in [2.24, 2.45) is 0 Å². The molecule has 0 bridgehead atoms. The van der Waals surface area contributed by atoms with Crippen molar-refractivity contribution in [1.82, 2.24) is 5.32 Å². The molecule has 1 heterocycles. The number of thiophene rings is 1. The molecule has 2 N–H and O–H groups in total. The number of aliphatic hydroxyl groups excluding tert-OH is 1. The molecular formula is C15H17NO3S. The molecule has 5 heteroatoms. The van der Waals surface area contributed by atoms with Crippen LogP contribution < -0.4 is 10.1 Å². The second-order valence-electron chi connectivity index (χ2n) is 4.30. The lowest BCUT2D eigenvalue weighted by Gasteiger charge is -2.07. The molecule has 4 nitrogen and oxygen atoms in total. The zero-order chi connectivity index (χ0) is 14.4. The van der Waals surface area contributed by atoms with E-state index < -0.39 is 0 Å². The van der Waals surface area contributed by atoms with Crippen molar-refractivity contribution in [3.63, 3.8) is 0 Å². The third-order valence-electron chi connectivity index (χ3n) is 2.66. The summed E-state index contributed by atoms with van der Waals surface area (Å²) in [5.74, 6) is 0.381. The lowest BCUT2D eigenvalue weighted by atomic mass is 10.2. The van der Waals surface area contributed by atoms with Crippen LogP contribution in [-0.2, 0) is 6.61 Å². The van der Waals surface area contributed by atoms with E-state index in [9.17, 15) is 4.79 Å². The number of rotatable bonds is 6. The van der Waals surface area contributed by atoms with Crippen LogP contribution in [0, 0.1) is 6.92 Å². The van der Waals surface area contributed by atoms with Gasteiger partial charge in [0.05, 0.1) is 6.61 Å². The van der Waals surface area contributed by atoms with E-state index in [1.54, 1.807) is 0 Å². The summed E-state index contributed by atoms with van der Waals surface area (Å²) in [6.45, 7) is 2.53. The average molecular weight is 291 g/mol. The molecule has 0 unspecified atom stereocenters. The molecule has 0 aliphatic rings. The van der Waals surface area contributed by atoms with Gasteiger partial charge in [-0.2, -0.15) is 0 Å². The first-order valence-electron chi connectivity index (χ1n) is 6.37. The second-order valence-corrected chi connectivity index (χ2v) is 5.56. The Bertz CT molecular complexity index is 566. The summed E-state index contributed by atoms with van der Waals surface area (Å²) in [6.07, 6.45) is 0. The largest absolute Gasteiger partial charge is 0.487 e. The summed E-state index contributed by atoms with van der Waals surface area (Å²) in [5, 5.41) is 11.4. The van der Waals surface area contributed by atoms with Gasteiger partial charge >= 0.3 is 0 Å². The zero-order valence-corrected chi connectivity index (χ0v) is 12.1. The molecule has 2 rings (SSSR count). The molecule has 0 aliphatic heterocycles. The van der Waals surface area contributed by atoms with Gasteiger partial charge in [-0.25, -0.2) is 0 Å². The molecule has 0 saturated carbocycles. The van der Waals surface area contributed by atoms with Gasteiger partial charge in [-0.3, -0.25) is 4.79 Å². The molecule has 0 aliphatic carbocycles. The number of carbonyl (C=O) groups excluding carboxylic acids is 1. The highest BCUT2D eigenvalue weighted by molar-refractivity contribution is 7.14. The predicted octanol–water partition coefficient (Wildman–Crippen LogP) is 2.36. The van der Waals surface area contributed by atoms with Gasteiger partial charge in [0.25, 0.3) is 5.91 Å². The van der Waals surface area contributed by atoms with Crippen molar-refractivity contribution in [2.45, 2.75) is 13.5 Å². The molecule has 1 aromatic heterocycles. The van der Waals surface area contributed by atoms with Crippen molar-refractivity contribution in [2.75, 3.05) is 13.2 Å². The van der Waals surface area contributed by atoms with Crippen LogP contribution in [0.5, 0.6) is 5.75 Å². The highest BCUT2D eigenvalue weighted by Crippen LogP contribution is 2.29. The monoisotopic (exact) mass is 291 g/mol. The highest BCUT2D eigenvalue weighted by Gasteiger charge is 2.16. The summed E-state index contributed by atoms with van der Waals surface area (Å²) >= 11 is 1.39. The summed E-state index contributed by atoms with van der Waals surface area (Å²) in [4.78, 5) is 13.5. The zero-order valence-electron chi connectivity index (χ0n) is 11.3. The first kappa shape index (κ1) is 14.6. The summed E-state index contributed by atoms with van der Waals surface area (Å²) in [6, 6.07) is 11.7. The maximum atomic E-state index is 12.0. The van der Waals surface area contributed by atoms with Gasteiger partial charge in [0, 0.05) is 11.4 Å². The molecule has 106 valence electrons. The van der Waals surface area contributed by atoms with Gasteiger partial charge in [-0.1, -0.05) is 30.3 Å². The van der Waals surface area contributed by atoms with Crippen LogP contribution in [0.4, 0.5) is 0 Å². The van der Waals surface area contributed by atoms with Crippen molar-refractivity contribution in [3.8, 4) is 5.75 Å². The fraction of sp³-hybridized carbons (Fsp3) is 0.267. The number of hydrogen-bond acceptors (Lipinski definition) is 4. The molecule has 2 aromatic rings. The maximum absolute atomic E-state index is 12.0. The predicted molar refractivity (Wildman–Crippen MR) is 79.2 cm³/mol. The Morgan fingerprint density at radius 1 is 1.35 bits per heavy atom. The number of carbonyl (C=O) groups is 1. The summed E-state index contributed by atoms with van der Waals surface area (Å²) in [7, 11) is 0. The summed E-state index contributed by atoms with van der Waals surface area (Å²) < 4.78 is 5.73. The van der Waals surface area contributed by atoms with Gasteiger partial charge in [0.1, 0.15) is 17.2 Å². The third kappa shape index (κ3) is 3.82. The van der Waals surface area contributed by atoms with Gasteiger partial charge < -0.3 is 15.2 Å². The Morgan fingerprint density at radius 3 is 2.80 bits per heavy atom. The number of nitrogens with one attached hydrogen (secondary N) is 1. The standard InChI is InChI=1S/C15H17NO3S/c1-11-9-13(14(20-11)15(18)16-7-8-17)19-10-12-5-3-2-4-6-12/h2-6,9,17H,7-8,10H2,1H3,(H,16,18). The minimum Gasteiger partial charge on any atom is -0.487 e. The molecule has 0 fully saturated rings. The average Bonchev–Trinajstić information content (AvgIpc) is 2.85. The van der Waals surface area contributed by atoms with E-state index in [0.29, 0.717) is 17.2 Å². The first-order valence-corrected chi connectivity index (χ1v) is 7.18. The van der Waals surface area contributed by atoms with Gasteiger partial charge in [-0.15, -0.1) is 11.3 Å². The fourth-order valence-corrected chi connectivity index (χ4v) is 2.61. The molecule has 0 spiro atoms. The summed E-state index contributed by atoms with van der Waals surface area (Å²) in [5.41, 5.74) is 1.05. The van der Waals surface area contributed by atoms with Crippen LogP contribution in [-0.4, -0.2) is 24.2 Å². The van der Waals surface area contributed by atoms with E-state index in [2.05, 4.69) is 5.32 Å². The van der Waals surface area contributed by atoms with Crippen molar-refractivity contribution in [3.05, 3.63) is 51.7 Å². The third-order valence-corrected chi connectivity index (χ3v) is 3.69. The number of aryl methyl sites for hydroxylation is 1. The number of benzene rings is 1. The number of amides is 1. The SMILES string of the molecule is Cc1cc(OCc2ccccc2)c(C(=O)NCCO)s1. The van der Waals surface area contributed by atoms with Gasteiger partial charge in [0.15, 0.2) is 0 Å². The second kappa shape index (κ2) is 7.07. The lowest BCUT2D eigenvalue weighted by molar-refractivity contribution is 0.0945. The topological polar surface area (TPSA) is 58.6 Å². The molecule has 0 atom stereocenters. The minimum atomic E-state index is -0.208. The quantitative estimate of drug-likeness (QED) is 0.859. The molecule has 0 radical (unpaired) electrons. The van der Waals surface area contributed by atoms with E-state index in [1.807, 2.05) is 43.3 Å². The van der Waals surface area contributed by atoms with E-state index >= 15 is 0 Å². The molecule has 0 saturated heterocycles. The first-order chi connectivity index (χ1) is 9.70. The lowest BCUT2D eigenvalue weighted by Crippen LogP contribution is -2.25. The van der Waals surface area contributed by atoms with Crippen LogP contribution in [0.1, 0.15) is 20.1 Å². The maximum Gasteiger partial charge on any atom is 0.265 e. The Kier molecular flexibility index (Phi) is 5.15. The Balaban J connectivity index is 2.06. The molecule has 1 aromatic carbocycles. The molecule has 20 heavy (non-hydrogen) atoms. The van der Waals surface area contributed by atoms with Gasteiger partial charge in [0.2, 0.25) is 0 Å². The van der Waals surface area contributed by atoms with Crippen LogP contribution >= 0.6 is 11.3 Å². The van der Waals surface area contributed by atoms with Crippen LogP contribution in [0.2, 0.25) is 0 Å². The van der Waals surface area contributed by atoms with E-state index in [1.165, 1.54) is 11.3 Å². The molecule has 1 amide bonds. The van der Waals surface area contributed by atoms with Crippen LogP contribution in [0.3, 0.4) is 0 Å². The van der Waals surface area contributed by atoms with E-state index in [-0.39, 0.29) is 19.1 Å². The number of hydrogen-bond donors (Lipinski definition) is 2. The van der Waals surface area contributed by atoms with Crippen LogP contribution in [0.15, 0.2) is 36.4 Å². The minimum absolute atomic E-state index is 0.0731. The Labute approximate surface area is 122 Å². The molecular weight excluding hydrogens is 274 g/mol. The van der Waals surface area contributed by atoms with Crippen molar-refractivity contribution in [1.29, 1.82) is 0 Å². The van der Waals surface area contributed by atoms with Crippen molar-refractivity contribution < 1.29 is 14.6 Å². The normalized spacial score (nSPS) is 10.3. The van der Waals surface area contributed by atoms with Gasteiger partial charge in [-0.05, 0) is 18.6 Å². The fourth-order valence-electron chi connectivity index (χ4n) is 1.74. The van der Waals surface area contributed by atoms with Crippen molar-refractivity contribution >= 4 is 17.2 Å². The smallest absolute Gasteiger partial charge is 0.265 e. The highest BCUT2D eigenvalue weighted by atomic mass is 32.1. The Hall–Kier alpha value is -1.85. The van der Waals surface area contributed by atoms with E-state index in [4.69, 9.17) is 9.84 Å². The Morgan fingerprint density at radius 2 is 2.10 bits per heavy atom. The van der Waals surface area contributed by atoms with E-state index in [0.717, 1.165) is 10.4 Å².